The fraction of sp³-hybridized carbons (Fsp3) is 0.0714. The first-order valence-corrected chi connectivity index (χ1v) is 7.29. The summed E-state index contributed by atoms with van der Waals surface area (Å²) in [6.45, 7) is 0. The Labute approximate surface area is 136 Å². The summed E-state index contributed by atoms with van der Waals surface area (Å²) in [7, 11) is 1.60. The van der Waals surface area contributed by atoms with Crippen molar-refractivity contribution in [2.45, 2.75) is 0 Å². The SMILES string of the molecule is COc1ccc(Cl)c(Nc2cc(Br)ccc2C(N)=S)c1. The van der Waals surface area contributed by atoms with Crippen LogP contribution in [0.4, 0.5) is 11.4 Å². The van der Waals surface area contributed by atoms with Crippen molar-refractivity contribution >= 4 is 56.1 Å². The summed E-state index contributed by atoms with van der Waals surface area (Å²) in [5.74, 6) is 0.712. The third-order valence-electron chi connectivity index (χ3n) is 2.69. The second-order valence-corrected chi connectivity index (χ2v) is 5.79. The van der Waals surface area contributed by atoms with Crippen molar-refractivity contribution in [3.8, 4) is 5.75 Å². The molecule has 0 aliphatic carbocycles. The van der Waals surface area contributed by atoms with E-state index in [1.54, 1.807) is 19.2 Å². The molecule has 20 heavy (non-hydrogen) atoms. The molecular formula is C14H12BrClN2OS. The van der Waals surface area contributed by atoms with Crippen molar-refractivity contribution in [3.05, 3.63) is 51.5 Å². The van der Waals surface area contributed by atoms with Crippen molar-refractivity contribution in [1.82, 2.24) is 0 Å². The Balaban J connectivity index is 2.43. The summed E-state index contributed by atoms with van der Waals surface area (Å²) in [6.07, 6.45) is 0. The minimum Gasteiger partial charge on any atom is -0.497 e. The Morgan fingerprint density at radius 1 is 1.25 bits per heavy atom. The van der Waals surface area contributed by atoms with Gasteiger partial charge < -0.3 is 15.8 Å². The average molecular weight is 372 g/mol. The first kappa shape index (κ1) is 15.1. The van der Waals surface area contributed by atoms with Gasteiger partial charge in [0.25, 0.3) is 0 Å². The molecule has 3 N–H and O–H groups in total. The molecule has 6 heteroatoms. The molecule has 0 amide bonds. The summed E-state index contributed by atoms with van der Waals surface area (Å²) in [5.41, 5.74) is 7.99. The zero-order valence-electron chi connectivity index (χ0n) is 10.6. The molecule has 0 radical (unpaired) electrons. The van der Waals surface area contributed by atoms with Crippen molar-refractivity contribution < 1.29 is 4.74 Å². The van der Waals surface area contributed by atoms with Crippen LogP contribution in [0.1, 0.15) is 5.56 Å². The van der Waals surface area contributed by atoms with Crippen LogP contribution in [0.2, 0.25) is 5.02 Å². The molecule has 2 aromatic carbocycles. The molecule has 2 rings (SSSR count). The van der Waals surface area contributed by atoms with Crippen LogP contribution in [0.15, 0.2) is 40.9 Å². The molecule has 0 aliphatic heterocycles. The minimum atomic E-state index is 0.319. The van der Waals surface area contributed by atoms with E-state index in [0.29, 0.717) is 15.8 Å². The van der Waals surface area contributed by atoms with Crippen LogP contribution in [0.25, 0.3) is 0 Å². The predicted molar refractivity (Wildman–Crippen MR) is 91.3 cm³/mol. The molecule has 3 nitrogen and oxygen atoms in total. The van der Waals surface area contributed by atoms with Gasteiger partial charge in [-0.2, -0.15) is 0 Å². The largest absolute Gasteiger partial charge is 0.497 e. The second-order valence-electron chi connectivity index (χ2n) is 4.02. The Bertz CT molecular complexity index is 664. The summed E-state index contributed by atoms with van der Waals surface area (Å²) < 4.78 is 6.11. The van der Waals surface area contributed by atoms with E-state index in [9.17, 15) is 0 Å². The third-order valence-corrected chi connectivity index (χ3v) is 3.73. The highest BCUT2D eigenvalue weighted by Gasteiger charge is 2.09. The lowest BCUT2D eigenvalue weighted by atomic mass is 10.1. The van der Waals surface area contributed by atoms with Gasteiger partial charge in [-0.3, -0.25) is 0 Å². The number of anilines is 2. The number of rotatable bonds is 4. The van der Waals surface area contributed by atoms with E-state index in [1.807, 2.05) is 24.3 Å². The number of hydrogen-bond donors (Lipinski definition) is 2. The molecule has 0 saturated heterocycles. The van der Waals surface area contributed by atoms with Crippen LogP contribution < -0.4 is 15.8 Å². The van der Waals surface area contributed by atoms with Gasteiger partial charge in [-0.1, -0.05) is 39.7 Å². The van der Waals surface area contributed by atoms with Gasteiger partial charge in [0.2, 0.25) is 0 Å². The highest BCUT2D eigenvalue weighted by Crippen LogP contribution is 2.32. The maximum absolute atomic E-state index is 6.18. The van der Waals surface area contributed by atoms with E-state index in [-0.39, 0.29) is 0 Å². The first-order valence-electron chi connectivity index (χ1n) is 5.71. The first-order chi connectivity index (χ1) is 9.51. The highest BCUT2D eigenvalue weighted by atomic mass is 79.9. The van der Waals surface area contributed by atoms with Crippen LogP contribution >= 0.6 is 39.7 Å². The van der Waals surface area contributed by atoms with E-state index in [0.717, 1.165) is 21.4 Å². The van der Waals surface area contributed by atoms with Crippen molar-refractivity contribution in [2.24, 2.45) is 5.73 Å². The van der Waals surface area contributed by atoms with E-state index in [1.165, 1.54) is 0 Å². The Morgan fingerprint density at radius 3 is 2.65 bits per heavy atom. The summed E-state index contributed by atoms with van der Waals surface area (Å²) in [6, 6.07) is 11.0. The molecule has 0 saturated carbocycles. The smallest absolute Gasteiger partial charge is 0.121 e. The monoisotopic (exact) mass is 370 g/mol. The lowest BCUT2D eigenvalue weighted by Crippen LogP contribution is -2.12. The predicted octanol–water partition coefficient (Wildman–Crippen LogP) is 4.49. The number of methoxy groups -OCH3 is 1. The standard InChI is InChI=1S/C14H12BrClN2OS/c1-19-9-3-5-11(16)13(7-9)18-12-6-8(15)2-4-10(12)14(17)20/h2-7,18H,1H3,(H2,17,20). The van der Waals surface area contributed by atoms with Crippen LogP contribution in [0.5, 0.6) is 5.75 Å². The molecule has 0 heterocycles. The Kier molecular flexibility index (Phi) is 4.86. The van der Waals surface area contributed by atoms with Gasteiger partial charge in [0.05, 0.1) is 17.8 Å². The topological polar surface area (TPSA) is 47.3 Å². The van der Waals surface area contributed by atoms with Gasteiger partial charge in [-0.25, -0.2) is 0 Å². The third kappa shape index (κ3) is 3.42. The van der Waals surface area contributed by atoms with Crippen LogP contribution in [0, 0.1) is 0 Å². The van der Waals surface area contributed by atoms with Gasteiger partial charge in [0.1, 0.15) is 10.7 Å². The minimum absolute atomic E-state index is 0.319. The Hall–Kier alpha value is -1.30. The highest BCUT2D eigenvalue weighted by molar-refractivity contribution is 9.10. The van der Waals surface area contributed by atoms with Gasteiger partial charge >= 0.3 is 0 Å². The normalized spacial score (nSPS) is 10.2. The maximum atomic E-state index is 6.18. The zero-order valence-corrected chi connectivity index (χ0v) is 13.8. The van der Waals surface area contributed by atoms with Gasteiger partial charge in [-0.05, 0) is 30.3 Å². The summed E-state index contributed by atoms with van der Waals surface area (Å²) in [4.78, 5) is 0.319. The average Bonchev–Trinajstić information content (AvgIpc) is 2.41. The quantitative estimate of drug-likeness (QED) is 0.777. The molecule has 0 bridgehead atoms. The molecule has 0 spiro atoms. The lowest BCUT2D eigenvalue weighted by Gasteiger charge is -2.14. The molecule has 0 aliphatic rings. The van der Waals surface area contributed by atoms with Crippen molar-refractivity contribution in [1.29, 1.82) is 0 Å². The second kappa shape index (κ2) is 6.43. The fourth-order valence-electron chi connectivity index (χ4n) is 1.71. The molecule has 104 valence electrons. The van der Waals surface area contributed by atoms with Crippen molar-refractivity contribution in [3.63, 3.8) is 0 Å². The molecule has 2 aromatic rings. The summed E-state index contributed by atoms with van der Waals surface area (Å²) in [5, 5.41) is 3.81. The Morgan fingerprint density at radius 2 is 2.00 bits per heavy atom. The zero-order chi connectivity index (χ0) is 14.7. The molecule has 0 unspecified atom stereocenters. The number of nitrogens with two attached hydrogens (primary N) is 1. The molecular weight excluding hydrogens is 360 g/mol. The lowest BCUT2D eigenvalue weighted by molar-refractivity contribution is 0.415. The number of thiocarbonyl (C=S) groups is 1. The van der Waals surface area contributed by atoms with Crippen LogP contribution in [-0.2, 0) is 0 Å². The van der Waals surface area contributed by atoms with Gasteiger partial charge in [0.15, 0.2) is 0 Å². The number of benzene rings is 2. The van der Waals surface area contributed by atoms with Crippen LogP contribution in [-0.4, -0.2) is 12.1 Å². The fourth-order valence-corrected chi connectivity index (χ4v) is 2.41. The van der Waals surface area contributed by atoms with Gasteiger partial charge in [-0.15, -0.1) is 0 Å². The van der Waals surface area contributed by atoms with E-state index in [4.69, 9.17) is 34.3 Å². The van der Waals surface area contributed by atoms with E-state index >= 15 is 0 Å². The molecule has 0 fully saturated rings. The van der Waals surface area contributed by atoms with Gasteiger partial charge in [0, 0.05) is 21.8 Å². The van der Waals surface area contributed by atoms with E-state index in [2.05, 4.69) is 21.2 Å². The number of nitrogens with one attached hydrogen (secondary N) is 1. The molecule has 0 atom stereocenters. The molecule has 0 aromatic heterocycles. The number of hydrogen-bond acceptors (Lipinski definition) is 3. The van der Waals surface area contributed by atoms with E-state index < -0.39 is 0 Å². The number of ether oxygens (including phenoxy) is 1. The maximum Gasteiger partial charge on any atom is 0.121 e. The van der Waals surface area contributed by atoms with Crippen molar-refractivity contribution in [2.75, 3.05) is 12.4 Å². The summed E-state index contributed by atoms with van der Waals surface area (Å²) >= 11 is 14.7. The number of halogens is 2. The van der Waals surface area contributed by atoms with Crippen LogP contribution in [0.3, 0.4) is 0 Å².